The van der Waals surface area contributed by atoms with Crippen molar-refractivity contribution in [3.8, 4) is 0 Å². The topological polar surface area (TPSA) is 47.9 Å². The highest BCUT2D eigenvalue weighted by Crippen LogP contribution is 2.11. The molecule has 1 rings (SSSR count). The van der Waals surface area contributed by atoms with Crippen LogP contribution in [0.1, 0.15) is 6.92 Å². The maximum Gasteiger partial charge on any atom is 0.335 e. The lowest BCUT2D eigenvalue weighted by atomic mass is 10.2. The molecule has 0 saturated carbocycles. The Balaban J connectivity index is 2.54. The summed E-state index contributed by atoms with van der Waals surface area (Å²) >= 11 is 0. The molecule has 66 valence electrons. The SMILES string of the molecule is C=CC1OC=NC1C(=O)OCC. The number of hydrogen-bond acceptors (Lipinski definition) is 4. The zero-order valence-electron chi connectivity index (χ0n) is 6.90. The Morgan fingerprint density at radius 2 is 2.67 bits per heavy atom. The number of nitrogens with zero attached hydrogens (tertiary/aromatic N) is 1. The van der Waals surface area contributed by atoms with Gasteiger partial charge in [-0.15, -0.1) is 0 Å². The number of rotatable bonds is 3. The normalized spacial score (nSPS) is 26.4. The van der Waals surface area contributed by atoms with Crippen LogP contribution in [0.3, 0.4) is 0 Å². The van der Waals surface area contributed by atoms with Crippen LogP contribution in [-0.2, 0) is 14.3 Å². The minimum atomic E-state index is -0.567. The van der Waals surface area contributed by atoms with Crippen LogP contribution in [0.2, 0.25) is 0 Å². The summed E-state index contributed by atoms with van der Waals surface area (Å²) in [6, 6.07) is -0.567. The van der Waals surface area contributed by atoms with Gasteiger partial charge in [0.25, 0.3) is 0 Å². The molecule has 0 aliphatic carbocycles. The summed E-state index contributed by atoms with van der Waals surface area (Å²) in [5.74, 6) is -0.365. The third-order valence-corrected chi connectivity index (χ3v) is 1.51. The van der Waals surface area contributed by atoms with Crippen LogP contribution >= 0.6 is 0 Å². The van der Waals surface area contributed by atoms with E-state index in [9.17, 15) is 4.79 Å². The number of aliphatic imine (C=N–C) groups is 1. The van der Waals surface area contributed by atoms with E-state index in [0.29, 0.717) is 6.61 Å². The highest BCUT2D eigenvalue weighted by atomic mass is 16.5. The van der Waals surface area contributed by atoms with Crippen LogP contribution in [0.25, 0.3) is 0 Å². The first-order chi connectivity index (χ1) is 5.79. The summed E-state index contributed by atoms with van der Waals surface area (Å²) in [6.07, 6.45) is 2.42. The molecule has 1 heterocycles. The van der Waals surface area contributed by atoms with Crippen molar-refractivity contribution in [3.05, 3.63) is 12.7 Å². The molecule has 0 aromatic carbocycles. The lowest BCUT2D eigenvalue weighted by molar-refractivity contribution is -0.145. The molecule has 12 heavy (non-hydrogen) atoms. The van der Waals surface area contributed by atoms with Gasteiger partial charge in [-0.1, -0.05) is 6.58 Å². The molecule has 0 fully saturated rings. The fourth-order valence-corrected chi connectivity index (χ4v) is 0.937. The van der Waals surface area contributed by atoms with E-state index >= 15 is 0 Å². The van der Waals surface area contributed by atoms with Gasteiger partial charge in [0.2, 0.25) is 0 Å². The van der Waals surface area contributed by atoms with Crippen molar-refractivity contribution in [2.24, 2.45) is 4.99 Å². The molecule has 2 atom stereocenters. The summed E-state index contributed by atoms with van der Waals surface area (Å²) in [4.78, 5) is 15.0. The standard InChI is InChI=1S/C8H11NO3/c1-3-6-7(9-5-12-6)8(10)11-4-2/h3,5-7H,1,4H2,2H3. The van der Waals surface area contributed by atoms with Crippen LogP contribution in [0.15, 0.2) is 17.6 Å². The highest BCUT2D eigenvalue weighted by Gasteiger charge is 2.31. The van der Waals surface area contributed by atoms with E-state index in [4.69, 9.17) is 9.47 Å². The minimum Gasteiger partial charge on any atom is -0.473 e. The predicted octanol–water partition coefficient (Wildman–Crippen LogP) is 0.531. The molecule has 0 bridgehead atoms. The van der Waals surface area contributed by atoms with Crippen molar-refractivity contribution < 1.29 is 14.3 Å². The number of hydrogen-bond donors (Lipinski definition) is 0. The lowest BCUT2D eigenvalue weighted by Crippen LogP contribution is -2.30. The zero-order chi connectivity index (χ0) is 8.97. The number of carbonyl (C=O) groups is 1. The summed E-state index contributed by atoms with van der Waals surface area (Å²) in [6.45, 7) is 5.63. The van der Waals surface area contributed by atoms with Crippen LogP contribution in [0.4, 0.5) is 0 Å². The van der Waals surface area contributed by atoms with Gasteiger partial charge < -0.3 is 9.47 Å². The second-order valence-electron chi connectivity index (χ2n) is 2.29. The number of esters is 1. The van der Waals surface area contributed by atoms with E-state index in [2.05, 4.69) is 11.6 Å². The lowest BCUT2D eigenvalue weighted by Gasteiger charge is -2.11. The van der Waals surface area contributed by atoms with Gasteiger partial charge in [0.05, 0.1) is 6.61 Å². The first-order valence-electron chi connectivity index (χ1n) is 3.76. The van der Waals surface area contributed by atoms with Crippen molar-refractivity contribution in [1.82, 2.24) is 0 Å². The van der Waals surface area contributed by atoms with Crippen molar-refractivity contribution in [2.75, 3.05) is 6.61 Å². The molecule has 1 aliphatic heterocycles. The van der Waals surface area contributed by atoms with Crippen molar-refractivity contribution in [2.45, 2.75) is 19.1 Å². The number of carbonyl (C=O) groups excluding carboxylic acids is 1. The van der Waals surface area contributed by atoms with Gasteiger partial charge in [0, 0.05) is 0 Å². The largest absolute Gasteiger partial charge is 0.473 e. The molecule has 0 spiro atoms. The van der Waals surface area contributed by atoms with Crippen LogP contribution in [0.5, 0.6) is 0 Å². The maximum atomic E-state index is 11.2. The second kappa shape index (κ2) is 3.90. The van der Waals surface area contributed by atoms with Gasteiger partial charge in [-0.05, 0) is 13.0 Å². The van der Waals surface area contributed by atoms with Gasteiger partial charge in [-0.25, -0.2) is 9.79 Å². The van der Waals surface area contributed by atoms with Gasteiger partial charge in [-0.3, -0.25) is 0 Å². The average molecular weight is 169 g/mol. The van der Waals surface area contributed by atoms with E-state index in [1.807, 2.05) is 0 Å². The molecule has 1 aliphatic rings. The zero-order valence-corrected chi connectivity index (χ0v) is 6.90. The van der Waals surface area contributed by atoms with Crippen LogP contribution in [0, 0.1) is 0 Å². The summed E-state index contributed by atoms with van der Waals surface area (Å²) in [5.41, 5.74) is 0. The van der Waals surface area contributed by atoms with Gasteiger partial charge in [0.15, 0.2) is 18.5 Å². The molecular formula is C8H11NO3. The van der Waals surface area contributed by atoms with Crippen LogP contribution < -0.4 is 0 Å². The maximum absolute atomic E-state index is 11.2. The fourth-order valence-electron chi connectivity index (χ4n) is 0.937. The highest BCUT2D eigenvalue weighted by molar-refractivity contribution is 5.80. The molecule has 4 heteroatoms. The Morgan fingerprint density at radius 3 is 3.25 bits per heavy atom. The minimum absolute atomic E-state index is 0.356. The van der Waals surface area contributed by atoms with E-state index in [1.165, 1.54) is 12.5 Å². The van der Waals surface area contributed by atoms with E-state index in [0.717, 1.165) is 0 Å². The van der Waals surface area contributed by atoms with Gasteiger partial charge >= 0.3 is 5.97 Å². The average Bonchev–Trinajstić information content (AvgIpc) is 2.51. The Kier molecular flexibility index (Phi) is 2.85. The Hall–Kier alpha value is -1.32. The Morgan fingerprint density at radius 1 is 1.92 bits per heavy atom. The third-order valence-electron chi connectivity index (χ3n) is 1.51. The Labute approximate surface area is 70.9 Å². The van der Waals surface area contributed by atoms with Crippen molar-refractivity contribution in [1.29, 1.82) is 0 Å². The predicted molar refractivity (Wildman–Crippen MR) is 44.0 cm³/mol. The van der Waals surface area contributed by atoms with E-state index in [1.54, 1.807) is 6.92 Å². The molecule has 0 aromatic heterocycles. The second-order valence-corrected chi connectivity index (χ2v) is 2.29. The molecule has 0 aromatic rings. The quantitative estimate of drug-likeness (QED) is 0.457. The molecule has 0 saturated heterocycles. The van der Waals surface area contributed by atoms with Crippen LogP contribution in [-0.4, -0.2) is 31.1 Å². The molecule has 0 N–H and O–H groups in total. The molecular weight excluding hydrogens is 158 g/mol. The van der Waals surface area contributed by atoms with Crippen molar-refractivity contribution >= 4 is 12.4 Å². The molecule has 0 amide bonds. The molecule has 2 unspecified atom stereocenters. The smallest absolute Gasteiger partial charge is 0.335 e. The number of ether oxygens (including phenoxy) is 2. The first kappa shape index (κ1) is 8.77. The summed E-state index contributed by atoms with van der Waals surface area (Å²) in [7, 11) is 0. The Bertz CT molecular complexity index is 212. The monoisotopic (exact) mass is 169 g/mol. The first-order valence-corrected chi connectivity index (χ1v) is 3.76. The molecule has 4 nitrogen and oxygen atoms in total. The van der Waals surface area contributed by atoms with Gasteiger partial charge in [-0.2, -0.15) is 0 Å². The van der Waals surface area contributed by atoms with Gasteiger partial charge in [0.1, 0.15) is 0 Å². The summed E-state index contributed by atoms with van der Waals surface area (Å²) < 4.78 is 9.75. The third kappa shape index (κ3) is 1.64. The fraction of sp³-hybridized carbons (Fsp3) is 0.500. The molecule has 0 radical (unpaired) electrons. The summed E-state index contributed by atoms with van der Waals surface area (Å²) in [5, 5.41) is 0. The van der Waals surface area contributed by atoms with E-state index in [-0.39, 0.29) is 12.1 Å². The van der Waals surface area contributed by atoms with Crippen molar-refractivity contribution in [3.63, 3.8) is 0 Å². The van der Waals surface area contributed by atoms with E-state index < -0.39 is 6.04 Å².